The third-order valence-electron chi connectivity index (χ3n) is 6.32. The number of nitrogen functional groups attached to an aromatic ring is 1. The van der Waals surface area contributed by atoms with Crippen LogP contribution in [-0.4, -0.2) is 38.4 Å². The summed E-state index contributed by atoms with van der Waals surface area (Å²) < 4.78 is 0. The van der Waals surface area contributed by atoms with E-state index >= 15 is 0 Å². The van der Waals surface area contributed by atoms with Crippen LogP contribution in [0.1, 0.15) is 57.3 Å². The van der Waals surface area contributed by atoms with Crippen LogP contribution in [0.4, 0.5) is 5.82 Å². The number of rotatable bonds is 5. The lowest BCUT2D eigenvalue weighted by molar-refractivity contribution is 0.228. The van der Waals surface area contributed by atoms with Crippen molar-refractivity contribution in [1.29, 1.82) is 0 Å². The van der Waals surface area contributed by atoms with Gasteiger partial charge in [-0.1, -0.05) is 39.2 Å². The van der Waals surface area contributed by atoms with Crippen molar-refractivity contribution in [1.82, 2.24) is 24.8 Å². The van der Waals surface area contributed by atoms with Crippen LogP contribution >= 0.6 is 0 Å². The number of H-pyrrole nitrogens is 2. The van der Waals surface area contributed by atoms with Crippen LogP contribution in [0, 0.1) is 12.8 Å². The summed E-state index contributed by atoms with van der Waals surface area (Å²) in [5.74, 6) is 2.18. The van der Waals surface area contributed by atoms with E-state index in [9.17, 15) is 0 Å². The van der Waals surface area contributed by atoms with Crippen molar-refractivity contribution in [3.8, 4) is 11.3 Å². The van der Waals surface area contributed by atoms with Crippen molar-refractivity contribution < 1.29 is 0 Å². The highest BCUT2D eigenvalue weighted by molar-refractivity contribution is 5.95. The van der Waals surface area contributed by atoms with Gasteiger partial charge in [0.05, 0.1) is 5.52 Å². The molecule has 3 heterocycles. The van der Waals surface area contributed by atoms with E-state index < -0.39 is 0 Å². The fraction of sp³-hybridized carbons (Fsp3) is 0.462. The van der Waals surface area contributed by atoms with Gasteiger partial charge < -0.3 is 20.6 Å². The highest BCUT2D eigenvalue weighted by Crippen LogP contribution is 2.31. The molecule has 170 valence electrons. The van der Waals surface area contributed by atoms with E-state index in [0.717, 1.165) is 40.6 Å². The average molecular weight is 433 g/mol. The Labute approximate surface area is 190 Å². The number of anilines is 1. The Morgan fingerprint density at radius 1 is 1.03 bits per heavy atom. The van der Waals surface area contributed by atoms with Crippen molar-refractivity contribution in [2.45, 2.75) is 59.4 Å². The number of nitrogens with zero attached hydrogens (tertiary/aromatic N) is 3. The number of aryl methyl sites for hydroxylation is 1. The number of imidazole rings is 1. The van der Waals surface area contributed by atoms with E-state index in [0.29, 0.717) is 11.5 Å². The molecule has 1 aliphatic carbocycles. The van der Waals surface area contributed by atoms with Crippen LogP contribution in [0.3, 0.4) is 0 Å². The maximum absolute atomic E-state index is 6.04. The zero-order valence-corrected chi connectivity index (χ0v) is 19.8. The van der Waals surface area contributed by atoms with Crippen molar-refractivity contribution in [2.75, 3.05) is 19.3 Å². The van der Waals surface area contributed by atoms with E-state index in [1.807, 2.05) is 26.8 Å². The van der Waals surface area contributed by atoms with Crippen LogP contribution in [0.2, 0.25) is 0 Å². The molecular formula is C26H36N6. The fourth-order valence-corrected chi connectivity index (χ4v) is 4.95. The number of pyridine rings is 1. The van der Waals surface area contributed by atoms with Crippen molar-refractivity contribution in [2.24, 2.45) is 5.92 Å². The van der Waals surface area contributed by atoms with Gasteiger partial charge in [-0.15, -0.1) is 0 Å². The molecule has 0 spiro atoms. The zero-order chi connectivity index (χ0) is 22.7. The van der Waals surface area contributed by atoms with Crippen LogP contribution in [-0.2, 0) is 6.54 Å². The lowest BCUT2D eigenvalue weighted by atomic mass is 9.89. The van der Waals surface area contributed by atoms with Crippen LogP contribution in [0.5, 0.6) is 0 Å². The molecule has 5 rings (SSSR count). The van der Waals surface area contributed by atoms with Crippen molar-refractivity contribution >= 4 is 27.9 Å². The second kappa shape index (κ2) is 9.74. The van der Waals surface area contributed by atoms with Gasteiger partial charge in [-0.2, -0.15) is 0 Å². The Balaban J connectivity index is 0.00000119. The maximum Gasteiger partial charge on any atom is 0.180 e. The Kier molecular flexibility index (Phi) is 6.80. The fourth-order valence-electron chi connectivity index (χ4n) is 4.95. The molecule has 6 heteroatoms. The average Bonchev–Trinajstić information content (AvgIpc) is 3.37. The molecular weight excluding hydrogens is 396 g/mol. The number of hydrogen-bond acceptors (Lipinski definition) is 4. The van der Waals surface area contributed by atoms with Crippen molar-refractivity contribution in [3.05, 3.63) is 41.7 Å². The second-order valence-electron chi connectivity index (χ2n) is 8.92. The minimum absolute atomic E-state index is 0.479. The molecule has 32 heavy (non-hydrogen) atoms. The Morgan fingerprint density at radius 3 is 2.59 bits per heavy atom. The van der Waals surface area contributed by atoms with E-state index in [4.69, 9.17) is 5.73 Å². The molecule has 1 saturated carbocycles. The van der Waals surface area contributed by atoms with E-state index in [-0.39, 0.29) is 0 Å². The van der Waals surface area contributed by atoms with Gasteiger partial charge in [-0.05, 0) is 62.6 Å². The molecule has 0 radical (unpaired) electrons. The summed E-state index contributed by atoms with van der Waals surface area (Å²) in [5, 5.41) is 1.22. The first-order chi connectivity index (χ1) is 15.5. The van der Waals surface area contributed by atoms with E-state index in [1.54, 1.807) is 0 Å². The first kappa shape index (κ1) is 22.3. The molecule has 1 aliphatic rings. The van der Waals surface area contributed by atoms with Gasteiger partial charge >= 0.3 is 0 Å². The Hall–Kier alpha value is -2.86. The summed E-state index contributed by atoms with van der Waals surface area (Å²) in [7, 11) is 2.25. The summed E-state index contributed by atoms with van der Waals surface area (Å²) in [6.45, 7) is 8.12. The summed E-state index contributed by atoms with van der Waals surface area (Å²) in [5.41, 5.74) is 12.1. The van der Waals surface area contributed by atoms with Gasteiger partial charge in [0.15, 0.2) is 5.65 Å². The molecule has 6 nitrogen and oxygen atoms in total. The summed E-state index contributed by atoms with van der Waals surface area (Å²) >= 11 is 0. The number of nitrogens with one attached hydrogen (secondary N) is 2. The number of fused-ring (bicyclic) bond motifs is 2. The van der Waals surface area contributed by atoms with E-state index in [1.165, 1.54) is 49.6 Å². The molecule has 0 aliphatic heterocycles. The summed E-state index contributed by atoms with van der Waals surface area (Å²) in [4.78, 5) is 18.1. The lowest BCUT2D eigenvalue weighted by Crippen LogP contribution is -2.26. The molecule has 0 saturated heterocycles. The largest absolute Gasteiger partial charge is 0.384 e. The molecule has 1 fully saturated rings. The molecule has 0 atom stereocenters. The highest BCUT2D eigenvalue weighted by atomic mass is 15.1. The van der Waals surface area contributed by atoms with Gasteiger partial charge in [-0.25, -0.2) is 9.97 Å². The molecule has 1 aromatic carbocycles. The zero-order valence-electron chi connectivity index (χ0n) is 19.8. The normalized spacial score (nSPS) is 14.8. The number of benzene rings is 1. The number of hydrogen-bond donors (Lipinski definition) is 3. The minimum Gasteiger partial charge on any atom is -0.384 e. The number of nitrogens with two attached hydrogens (primary N) is 1. The summed E-state index contributed by atoms with van der Waals surface area (Å²) in [6, 6.07) is 10.8. The molecule has 3 aromatic heterocycles. The van der Waals surface area contributed by atoms with Gasteiger partial charge in [0.25, 0.3) is 0 Å². The quantitative estimate of drug-likeness (QED) is 0.359. The molecule has 4 aromatic rings. The smallest absolute Gasteiger partial charge is 0.180 e. The lowest BCUT2D eigenvalue weighted by Gasteiger charge is -2.27. The SMILES string of the molecule is CC.Cc1nc2nc(N)cc(-c3cc4cc(CN(C)CC5CCCCC5)ccc4[nH]3)c2[nH]1. The first-order valence-electron chi connectivity index (χ1n) is 12.0. The second-order valence-corrected chi connectivity index (χ2v) is 8.92. The molecule has 4 N–H and O–H groups in total. The third kappa shape index (κ3) is 4.80. The molecule has 0 bridgehead atoms. The molecule has 0 amide bonds. The standard InChI is InChI=1S/C24H30N6.C2H6/c1-15-26-23-19(12-22(25)29-24(23)27-15)21-11-18-10-17(8-9-20(18)28-21)14-30(2)13-16-6-4-3-5-7-16;1-2/h8-12,16,28H,3-7,13-14H2,1-2H3,(H3,25,26,27,29);1-2H3. The monoisotopic (exact) mass is 432 g/mol. The maximum atomic E-state index is 6.04. The van der Waals surface area contributed by atoms with Gasteiger partial charge in [0, 0.05) is 35.2 Å². The van der Waals surface area contributed by atoms with E-state index in [2.05, 4.69) is 56.1 Å². The number of aromatic amines is 2. The number of aromatic nitrogens is 4. The predicted molar refractivity (Wildman–Crippen MR) is 135 cm³/mol. The third-order valence-corrected chi connectivity index (χ3v) is 6.32. The van der Waals surface area contributed by atoms with Crippen LogP contribution < -0.4 is 5.73 Å². The Morgan fingerprint density at radius 2 is 1.81 bits per heavy atom. The van der Waals surface area contributed by atoms with Crippen LogP contribution in [0.25, 0.3) is 33.3 Å². The Bertz CT molecular complexity index is 1180. The molecule has 0 unspecified atom stereocenters. The topological polar surface area (TPSA) is 86.6 Å². The minimum atomic E-state index is 0.479. The van der Waals surface area contributed by atoms with Crippen LogP contribution in [0.15, 0.2) is 30.3 Å². The highest BCUT2D eigenvalue weighted by Gasteiger charge is 2.16. The van der Waals surface area contributed by atoms with Gasteiger partial charge in [-0.3, -0.25) is 0 Å². The van der Waals surface area contributed by atoms with Crippen molar-refractivity contribution in [3.63, 3.8) is 0 Å². The first-order valence-corrected chi connectivity index (χ1v) is 12.0. The predicted octanol–water partition coefficient (Wildman–Crippen LogP) is 6.04. The van der Waals surface area contributed by atoms with Gasteiger partial charge in [0.1, 0.15) is 11.6 Å². The summed E-state index contributed by atoms with van der Waals surface area (Å²) in [6.07, 6.45) is 7.00. The van der Waals surface area contributed by atoms with Gasteiger partial charge in [0.2, 0.25) is 0 Å².